The molecule has 0 aromatic carbocycles. The van der Waals surface area contributed by atoms with Crippen LogP contribution in [0.15, 0.2) is 16.5 Å². The van der Waals surface area contributed by atoms with E-state index in [9.17, 15) is 4.79 Å². The standard InChI is InChI=1S/C11H16N2O2/c1-3-12-9-6-10(14)13(7-9)11-5-4-8(2)15-11/h4-5,9,12H,3,6-7H2,1-2H3. The molecular weight excluding hydrogens is 192 g/mol. The number of carbonyl (C=O) groups excluding carboxylic acids is 1. The fourth-order valence-electron chi connectivity index (χ4n) is 1.91. The van der Waals surface area contributed by atoms with Crippen molar-refractivity contribution in [2.75, 3.05) is 18.0 Å². The number of nitrogens with one attached hydrogen (secondary N) is 1. The number of nitrogens with zero attached hydrogens (tertiary/aromatic N) is 1. The van der Waals surface area contributed by atoms with E-state index in [-0.39, 0.29) is 11.9 Å². The highest BCUT2D eigenvalue weighted by Crippen LogP contribution is 2.23. The average molecular weight is 208 g/mol. The van der Waals surface area contributed by atoms with E-state index in [1.165, 1.54) is 0 Å². The number of furan rings is 1. The van der Waals surface area contributed by atoms with Gasteiger partial charge in [0, 0.05) is 25.1 Å². The first kappa shape index (κ1) is 10.2. The van der Waals surface area contributed by atoms with Gasteiger partial charge in [0.2, 0.25) is 11.8 Å². The summed E-state index contributed by atoms with van der Waals surface area (Å²) in [6.07, 6.45) is 0.563. The topological polar surface area (TPSA) is 45.5 Å². The lowest BCUT2D eigenvalue weighted by Gasteiger charge is -2.13. The van der Waals surface area contributed by atoms with E-state index >= 15 is 0 Å². The largest absolute Gasteiger partial charge is 0.445 e. The monoisotopic (exact) mass is 208 g/mol. The van der Waals surface area contributed by atoms with Crippen molar-refractivity contribution in [2.45, 2.75) is 26.3 Å². The highest BCUT2D eigenvalue weighted by atomic mass is 16.4. The number of hydrogen-bond donors (Lipinski definition) is 1. The van der Waals surface area contributed by atoms with Gasteiger partial charge in [-0.15, -0.1) is 0 Å². The van der Waals surface area contributed by atoms with Crippen LogP contribution in [-0.2, 0) is 4.79 Å². The fraction of sp³-hybridized carbons (Fsp3) is 0.545. The summed E-state index contributed by atoms with van der Waals surface area (Å²) in [4.78, 5) is 13.4. The van der Waals surface area contributed by atoms with Crippen LogP contribution in [0.3, 0.4) is 0 Å². The Morgan fingerprint density at radius 3 is 3.00 bits per heavy atom. The van der Waals surface area contributed by atoms with Crippen molar-refractivity contribution in [2.24, 2.45) is 0 Å². The quantitative estimate of drug-likeness (QED) is 0.814. The minimum absolute atomic E-state index is 0.135. The van der Waals surface area contributed by atoms with Gasteiger partial charge in [-0.1, -0.05) is 6.92 Å². The molecule has 0 radical (unpaired) electrons. The van der Waals surface area contributed by atoms with Gasteiger partial charge in [0.25, 0.3) is 0 Å². The molecule has 1 aliphatic heterocycles. The number of aryl methyl sites for hydroxylation is 1. The zero-order valence-corrected chi connectivity index (χ0v) is 9.12. The summed E-state index contributed by atoms with van der Waals surface area (Å²) in [6.45, 7) is 5.53. The van der Waals surface area contributed by atoms with E-state index in [1.54, 1.807) is 4.90 Å². The number of rotatable bonds is 3. The minimum atomic E-state index is 0.135. The zero-order valence-electron chi connectivity index (χ0n) is 9.12. The molecule has 0 saturated carbocycles. The molecule has 4 heteroatoms. The highest BCUT2D eigenvalue weighted by Gasteiger charge is 2.31. The van der Waals surface area contributed by atoms with Crippen LogP contribution in [0.4, 0.5) is 5.88 Å². The van der Waals surface area contributed by atoms with Gasteiger partial charge in [-0.3, -0.25) is 9.69 Å². The molecule has 1 amide bonds. The zero-order chi connectivity index (χ0) is 10.8. The van der Waals surface area contributed by atoms with Crippen LogP contribution < -0.4 is 10.2 Å². The Kier molecular flexibility index (Phi) is 2.77. The van der Waals surface area contributed by atoms with Crippen LogP contribution in [0.1, 0.15) is 19.1 Å². The number of anilines is 1. The molecule has 1 aromatic heterocycles. The second-order valence-corrected chi connectivity index (χ2v) is 3.85. The Balaban J connectivity index is 2.08. The van der Waals surface area contributed by atoms with E-state index in [0.29, 0.717) is 18.8 Å². The molecule has 1 fully saturated rings. The third-order valence-corrected chi connectivity index (χ3v) is 2.61. The second-order valence-electron chi connectivity index (χ2n) is 3.85. The molecule has 1 unspecified atom stereocenters. The smallest absolute Gasteiger partial charge is 0.230 e. The Bertz CT molecular complexity index is 359. The van der Waals surface area contributed by atoms with E-state index in [2.05, 4.69) is 5.32 Å². The molecule has 15 heavy (non-hydrogen) atoms. The summed E-state index contributed by atoms with van der Waals surface area (Å²) < 4.78 is 5.44. The summed E-state index contributed by atoms with van der Waals surface area (Å²) in [5.41, 5.74) is 0. The maximum Gasteiger partial charge on any atom is 0.230 e. The molecule has 82 valence electrons. The highest BCUT2D eigenvalue weighted by molar-refractivity contribution is 5.95. The van der Waals surface area contributed by atoms with Crippen LogP contribution in [-0.4, -0.2) is 25.0 Å². The van der Waals surface area contributed by atoms with Crippen molar-refractivity contribution in [1.29, 1.82) is 0 Å². The normalized spacial score (nSPS) is 21.3. The first-order chi connectivity index (χ1) is 7.20. The van der Waals surface area contributed by atoms with E-state index in [0.717, 1.165) is 12.3 Å². The van der Waals surface area contributed by atoms with Crippen molar-refractivity contribution < 1.29 is 9.21 Å². The van der Waals surface area contributed by atoms with Gasteiger partial charge in [-0.2, -0.15) is 0 Å². The molecule has 1 saturated heterocycles. The van der Waals surface area contributed by atoms with Crippen LogP contribution in [0, 0.1) is 6.92 Å². The molecule has 0 bridgehead atoms. The third kappa shape index (κ3) is 2.04. The van der Waals surface area contributed by atoms with Crippen molar-refractivity contribution in [3.8, 4) is 0 Å². The summed E-state index contributed by atoms with van der Waals surface area (Å²) >= 11 is 0. The molecule has 2 rings (SSSR count). The summed E-state index contributed by atoms with van der Waals surface area (Å²) in [6, 6.07) is 3.98. The molecule has 1 aromatic rings. The van der Waals surface area contributed by atoms with E-state index in [4.69, 9.17) is 4.42 Å². The average Bonchev–Trinajstić information content (AvgIpc) is 2.73. The Morgan fingerprint density at radius 1 is 1.60 bits per heavy atom. The predicted octanol–water partition coefficient (Wildman–Crippen LogP) is 1.30. The molecule has 4 nitrogen and oxygen atoms in total. The fourth-order valence-corrected chi connectivity index (χ4v) is 1.91. The first-order valence-electron chi connectivity index (χ1n) is 5.31. The third-order valence-electron chi connectivity index (χ3n) is 2.61. The van der Waals surface area contributed by atoms with E-state index < -0.39 is 0 Å². The Morgan fingerprint density at radius 2 is 2.40 bits per heavy atom. The van der Waals surface area contributed by atoms with Crippen LogP contribution >= 0.6 is 0 Å². The summed E-state index contributed by atoms with van der Waals surface area (Å²) in [5, 5.41) is 3.28. The van der Waals surface area contributed by atoms with Crippen molar-refractivity contribution in [3.05, 3.63) is 17.9 Å². The lowest BCUT2D eigenvalue weighted by atomic mass is 10.2. The minimum Gasteiger partial charge on any atom is -0.445 e. The van der Waals surface area contributed by atoms with Gasteiger partial charge in [-0.05, 0) is 19.5 Å². The second kappa shape index (κ2) is 4.06. The van der Waals surface area contributed by atoms with Crippen LogP contribution in [0.5, 0.6) is 0 Å². The molecule has 0 aliphatic carbocycles. The van der Waals surface area contributed by atoms with Gasteiger partial charge in [0.15, 0.2) is 0 Å². The Hall–Kier alpha value is -1.29. The molecule has 1 N–H and O–H groups in total. The number of hydrogen-bond acceptors (Lipinski definition) is 3. The summed E-state index contributed by atoms with van der Waals surface area (Å²) in [7, 11) is 0. The van der Waals surface area contributed by atoms with Gasteiger partial charge in [0.1, 0.15) is 5.76 Å². The Labute approximate surface area is 89.2 Å². The molecule has 1 aliphatic rings. The maximum atomic E-state index is 11.7. The lowest BCUT2D eigenvalue weighted by Crippen LogP contribution is -2.32. The lowest BCUT2D eigenvalue weighted by molar-refractivity contribution is -0.117. The first-order valence-corrected chi connectivity index (χ1v) is 5.31. The van der Waals surface area contributed by atoms with E-state index in [1.807, 2.05) is 26.0 Å². The molecule has 2 heterocycles. The van der Waals surface area contributed by atoms with Gasteiger partial charge in [0.05, 0.1) is 0 Å². The molecule has 0 spiro atoms. The van der Waals surface area contributed by atoms with Crippen molar-refractivity contribution in [3.63, 3.8) is 0 Å². The van der Waals surface area contributed by atoms with Crippen molar-refractivity contribution in [1.82, 2.24) is 5.32 Å². The van der Waals surface area contributed by atoms with Gasteiger partial charge in [-0.25, -0.2) is 0 Å². The van der Waals surface area contributed by atoms with Crippen LogP contribution in [0.2, 0.25) is 0 Å². The van der Waals surface area contributed by atoms with Gasteiger partial charge >= 0.3 is 0 Å². The van der Waals surface area contributed by atoms with Crippen molar-refractivity contribution >= 4 is 11.8 Å². The number of amides is 1. The van der Waals surface area contributed by atoms with Crippen LogP contribution in [0.25, 0.3) is 0 Å². The van der Waals surface area contributed by atoms with Gasteiger partial charge < -0.3 is 9.73 Å². The number of likely N-dealkylation sites (N-methyl/N-ethyl adjacent to an activating group) is 1. The molecular formula is C11H16N2O2. The molecule has 1 atom stereocenters. The summed E-state index contributed by atoms with van der Waals surface area (Å²) in [5.74, 6) is 1.64. The SMILES string of the molecule is CCNC1CC(=O)N(c2ccc(C)o2)C1. The number of carbonyl (C=O) groups is 1. The predicted molar refractivity (Wildman–Crippen MR) is 57.9 cm³/mol. The maximum absolute atomic E-state index is 11.7.